The zero-order valence-electron chi connectivity index (χ0n) is 8.77. The zero-order valence-corrected chi connectivity index (χ0v) is 8.77. The first-order valence-corrected chi connectivity index (χ1v) is 4.53. The highest BCUT2D eigenvalue weighted by molar-refractivity contribution is 5.81. The van der Waals surface area contributed by atoms with E-state index in [0.717, 1.165) is 0 Å². The molecule has 0 heterocycles. The van der Waals surface area contributed by atoms with E-state index in [0.29, 0.717) is 5.56 Å². The van der Waals surface area contributed by atoms with E-state index in [9.17, 15) is 10.1 Å². The van der Waals surface area contributed by atoms with Crippen LogP contribution in [-0.4, -0.2) is 23.7 Å². The molecule has 0 bridgehead atoms. The van der Waals surface area contributed by atoms with E-state index in [1.54, 1.807) is 0 Å². The van der Waals surface area contributed by atoms with Crippen LogP contribution in [0.25, 0.3) is 0 Å². The van der Waals surface area contributed by atoms with Crippen molar-refractivity contribution in [3.8, 4) is 5.75 Å². The van der Waals surface area contributed by atoms with Crippen LogP contribution in [0.3, 0.4) is 0 Å². The van der Waals surface area contributed by atoms with Crippen LogP contribution >= 0.6 is 0 Å². The summed E-state index contributed by atoms with van der Waals surface area (Å²) in [6.07, 6.45) is 0.122. The smallest absolute Gasteiger partial charge is 0.297 e. The van der Waals surface area contributed by atoms with Gasteiger partial charge in [0.1, 0.15) is 17.1 Å². The molecule has 5 N–H and O–H groups in total. The lowest BCUT2D eigenvalue weighted by molar-refractivity contribution is -0.384. The molecule has 0 radical (unpaired) electrons. The van der Waals surface area contributed by atoms with Crippen LogP contribution in [-0.2, 0) is 6.42 Å². The number of nitro groups is 1. The van der Waals surface area contributed by atoms with Gasteiger partial charge in [-0.1, -0.05) is 0 Å². The molecule has 0 fully saturated rings. The lowest BCUT2D eigenvalue weighted by Crippen LogP contribution is -2.07. The number of hydrogen-bond donors (Lipinski definition) is 3. The molecule has 0 spiro atoms. The van der Waals surface area contributed by atoms with Gasteiger partial charge >= 0.3 is 0 Å². The number of aliphatic hydroxyl groups excluding tert-OH is 1. The molecule has 88 valence electrons. The van der Waals surface area contributed by atoms with Gasteiger partial charge in [-0.05, 0) is 6.07 Å². The van der Waals surface area contributed by atoms with E-state index in [2.05, 4.69) is 0 Å². The Labute approximate surface area is 91.8 Å². The van der Waals surface area contributed by atoms with Crippen LogP contribution in [0.5, 0.6) is 5.75 Å². The lowest BCUT2D eigenvalue weighted by atomic mass is 10.1. The minimum absolute atomic E-state index is 0.0379. The largest absolute Gasteiger partial charge is 0.494 e. The van der Waals surface area contributed by atoms with Gasteiger partial charge in [0.15, 0.2) is 0 Å². The number of rotatable bonds is 4. The Morgan fingerprint density at radius 1 is 1.50 bits per heavy atom. The molecule has 1 aromatic carbocycles. The molecule has 0 aliphatic carbocycles. The van der Waals surface area contributed by atoms with Crippen LogP contribution in [0.1, 0.15) is 5.56 Å². The monoisotopic (exact) mass is 227 g/mol. The Morgan fingerprint density at radius 2 is 2.12 bits per heavy atom. The van der Waals surface area contributed by atoms with Crippen LogP contribution in [0.15, 0.2) is 6.07 Å². The van der Waals surface area contributed by atoms with Crippen molar-refractivity contribution in [2.75, 3.05) is 25.2 Å². The Hall–Kier alpha value is -2.02. The molecular weight excluding hydrogens is 214 g/mol. The number of benzene rings is 1. The van der Waals surface area contributed by atoms with Gasteiger partial charge in [-0.15, -0.1) is 0 Å². The second-order valence-corrected chi connectivity index (χ2v) is 3.14. The maximum atomic E-state index is 10.8. The number of ether oxygens (including phenoxy) is 1. The molecule has 0 aliphatic heterocycles. The topological polar surface area (TPSA) is 125 Å². The fourth-order valence-electron chi connectivity index (χ4n) is 1.43. The SMILES string of the molecule is COc1cc(CCO)c([N+](=O)[O-])c(N)c1N. The summed E-state index contributed by atoms with van der Waals surface area (Å²) in [5, 5.41) is 19.6. The van der Waals surface area contributed by atoms with E-state index >= 15 is 0 Å². The zero-order chi connectivity index (χ0) is 12.3. The average molecular weight is 227 g/mol. The first kappa shape index (κ1) is 12.1. The standard InChI is InChI=1S/C9H13N3O4/c1-16-6-4-5(2-3-13)9(12(14)15)8(11)7(6)10/h4,13H,2-3,10-11H2,1H3. The van der Waals surface area contributed by atoms with Crippen LogP contribution in [0.4, 0.5) is 17.1 Å². The predicted molar refractivity (Wildman–Crippen MR) is 59.3 cm³/mol. The molecule has 1 rings (SSSR count). The van der Waals surface area contributed by atoms with Gasteiger partial charge < -0.3 is 21.3 Å². The second-order valence-electron chi connectivity index (χ2n) is 3.14. The Morgan fingerprint density at radius 3 is 2.56 bits per heavy atom. The number of aliphatic hydroxyl groups is 1. The van der Waals surface area contributed by atoms with E-state index in [-0.39, 0.29) is 35.8 Å². The Bertz CT molecular complexity index is 420. The summed E-state index contributed by atoms with van der Waals surface area (Å²) < 4.78 is 4.94. The third-order valence-electron chi connectivity index (χ3n) is 2.20. The Kier molecular flexibility index (Phi) is 3.51. The third kappa shape index (κ3) is 1.98. The normalized spacial score (nSPS) is 10.1. The molecule has 0 aliphatic rings. The lowest BCUT2D eigenvalue weighted by Gasteiger charge is -2.11. The molecule has 0 aromatic heterocycles. The summed E-state index contributed by atoms with van der Waals surface area (Å²) in [6.45, 7) is -0.215. The molecule has 16 heavy (non-hydrogen) atoms. The number of anilines is 2. The fraction of sp³-hybridized carbons (Fsp3) is 0.333. The summed E-state index contributed by atoms with van der Waals surface area (Å²) in [5.41, 5.74) is 11.1. The number of nitrogen functional groups attached to an aromatic ring is 2. The van der Waals surface area contributed by atoms with Crippen LogP contribution in [0.2, 0.25) is 0 Å². The molecule has 1 aromatic rings. The number of nitro benzene ring substituents is 1. The minimum Gasteiger partial charge on any atom is -0.494 e. The summed E-state index contributed by atoms with van der Waals surface area (Å²) in [7, 11) is 1.39. The number of methoxy groups -OCH3 is 1. The van der Waals surface area contributed by atoms with Crippen molar-refractivity contribution in [3.05, 3.63) is 21.7 Å². The number of hydrogen-bond acceptors (Lipinski definition) is 6. The predicted octanol–water partition coefficient (Wildman–Crippen LogP) is 0.303. The van der Waals surface area contributed by atoms with Gasteiger partial charge in [-0.2, -0.15) is 0 Å². The molecule has 0 saturated heterocycles. The number of nitrogens with two attached hydrogens (primary N) is 2. The van der Waals surface area contributed by atoms with E-state index < -0.39 is 4.92 Å². The highest BCUT2D eigenvalue weighted by atomic mass is 16.6. The quantitative estimate of drug-likeness (QED) is 0.386. The van der Waals surface area contributed by atoms with Gasteiger partial charge in [-0.3, -0.25) is 10.1 Å². The maximum absolute atomic E-state index is 10.8. The minimum atomic E-state index is -0.615. The second kappa shape index (κ2) is 4.67. The van der Waals surface area contributed by atoms with Crippen molar-refractivity contribution < 1.29 is 14.8 Å². The van der Waals surface area contributed by atoms with Crippen LogP contribution in [0, 0.1) is 10.1 Å². The van der Waals surface area contributed by atoms with Crippen molar-refractivity contribution in [2.24, 2.45) is 0 Å². The van der Waals surface area contributed by atoms with Crippen molar-refractivity contribution in [2.45, 2.75) is 6.42 Å². The summed E-state index contributed by atoms with van der Waals surface area (Å²) in [6, 6.07) is 1.42. The molecule has 0 saturated carbocycles. The molecule has 7 nitrogen and oxygen atoms in total. The van der Waals surface area contributed by atoms with Gasteiger partial charge in [0.2, 0.25) is 0 Å². The third-order valence-corrected chi connectivity index (χ3v) is 2.20. The van der Waals surface area contributed by atoms with Gasteiger partial charge in [0.05, 0.1) is 12.0 Å². The molecule has 0 unspecified atom stereocenters. The number of nitrogens with zero attached hydrogens (tertiary/aromatic N) is 1. The van der Waals surface area contributed by atoms with Gasteiger partial charge in [-0.25, -0.2) is 0 Å². The van der Waals surface area contributed by atoms with Crippen molar-refractivity contribution in [1.82, 2.24) is 0 Å². The van der Waals surface area contributed by atoms with Crippen molar-refractivity contribution in [3.63, 3.8) is 0 Å². The first-order valence-electron chi connectivity index (χ1n) is 4.53. The highest BCUT2D eigenvalue weighted by Gasteiger charge is 2.23. The molecule has 0 atom stereocenters. The maximum Gasteiger partial charge on any atom is 0.297 e. The summed E-state index contributed by atoms with van der Waals surface area (Å²) in [4.78, 5) is 10.2. The molecule has 7 heteroatoms. The molecular formula is C9H13N3O4. The Balaban J connectivity index is 3.45. The van der Waals surface area contributed by atoms with E-state index in [4.69, 9.17) is 21.3 Å². The van der Waals surface area contributed by atoms with Gasteiger partial charge in [0, 0.05) is 18.6 Å². The van der Waals surface area contributed by atoms with Crippen molar-refractivity contribution in [1.29, 1.82) is 0 Å². The van der Waals surface area contributed by atoms with E-state index in [1.807, 2.05) is 0 Å². The average Bonchev–Trinajstić information content (AvgIpc) is 2.23. The first-order chi connectivity index (χ1) is 7.52. The fourth-order valence-corrected chi connectivity index (χ4v) is 1.43. The van der Waals surface area contributed by atoms with E-state index in [1.165, 1.54) is 13.2 Å². The van der Waals surface area contributed by atoms with Gasteiger partial charge in [0.25, 0.3) is 5.69 Å². The molecule has 0 amide bonds. The van der Waals surface area contributed by atoms with Crippen molar-refractivity contribution >= 4 is 17.1 Å². The highest BCUT2D eigenvalue weighted by Crippen LogP contribution is 2.38. The van der Waals surface area contributed by atoms with Crippen LogP contribution < -0.4 is 16.2 Å². The summed E-state index contributed by atoms with van der Waals surface area (Å²) in [5.74, 6) is 0.270. The summed E-state index contributed by atoms with van der Waals surface area (Å²) >= 11 is 0.